The van der Waals surface area contributed by atoms with E-state index in [0.717, 1.165) is 0 Å². The normalized spacial score (nSPS) is 11.6. The Hall–Kier alpha value is -1.82. The van der Waals surface area contributed by atoms with Gasteiger partial charge in [-0.25, -0.2) is 0 Å². The lowest BCUT2D eigenvalue weighted by atomic mass is 10.1. The molecule has 0 aliphatic carbocycles. The Morgan fingerprint density at radius 3 is 2.25 bits per heavy atom. The van der Waals surface area contributed by atoms with Crippen molar-refractivity contribution in [3.05, 3.63) is 23.8 Å². The molecule has 0 heterocycles. The summed E-state index contributed by atoms with van der Waals surface area (Å²) in [5.41, 5.74) is 5.92. The quantitative estimate of drug-likeness (QED) is 0.812. The first-order valence-electron chi connectivity index (χ1n) is 6.18. The molecule has 1 aromatic carbocycles. The van der Waals surface area contributed by atoms with Gasteiger partial charge in [-0.3, -0.25) is 4.79 Å². The summed E-state index contributed by atoms with van der Waals surface area (Å²) in [5.74, 6) is 0.760. The van der Waals surface area contributed by atoms with Gasteiger partial charge < -0.3 is 20.1 Å². The molecular weight excluding hydrogens is 276 g/mol. The summed E-state index contributed by atoms with van der Waals surface area (Å²) in [6.45, 7) is 1.89. The largest absolute Gasteiger partial charge is 0.496 e. The van der Waals surface area contributed by atoms with E-state index in [1.54, 1.807) is 30.1 Å². The van der Waals surface area contributed by atoms with Gasteiger partial charge in [0.1, 0.15) is 17.1 Å². The predicted octanol–water partition coefficient (Wildman–Crippen LogP) is 1.84. The van der Waals surface area contributed by atoms with Crippen LogP contribution in [0.2, 0.25) is 0 Å². The zero-order valence-corrected chi connectivity index (χ0v) is 13.0. The number of thiocarbonyl (C=S) groups is 1. The third kappa shape index (κ3) is 3.60. The van der Waals surface area contributed by atoms with Crippen LogP contribution in [0.15, 0.2) is 18.2 Å². The van der Waals surface area contributed by atoms with Gasteiger partial charge in [0.15, 0.2) is 0 Å². The monoisotopic (exact) mass is 296 g/mol. The highest BCUT2D eigenvalue weighted by atomic mass is 32.1. The van der Waals surface area contributed by atoms with Crippen molar-refractivity contribution in [3.8, 4) is 11.5 Å². The van der Waals surface area contributed by atoms with Gasteiger partial charge in [-0.15, -0.1) is 0 Å². The maximum absolute atomic E-state index is 12.6. The number of hydrogen-bond donors (Lipinski definition) is 1. The first-order chi connectivity index (χ1) is 9.42. The second-order valence-corrected chi connectivity index (χ2v) is 5.00. The Kier molecular flexibility index (Phi) is 5.76. The van der Waals surface area contributed by atoms with E-state index in [0.29, 0.717) is 28.5 Å². The van der Waals surface area contributed by atoms with Crippen LogP contribution in [0.3, 0.4) is 0 Å². The molecule has 0 saturated heterocycles. The number of benzene rings is 1. The van der Waals surface area contributed by atoms with Crippen LogP contribution in [0, 0.1) is 0 Å². The molecule has 1 rings (SSSR count). The van der Waals surface area contributed by atoms with E-state index in [4.69, 9.17) is 27.4 Å². The zero-order chi connectivity index (χ0) is 15.3. The summed E-state index contributed by atoms with van der Waals surface area (Å²) in [5, 5.41) is 0. The average molecular weight is 296 g/mol. The molecule has 110 valence electrons. The second kappa shape index (κ2) is 7.09. The topological polar surface area (TPSA) is 64.8 Å². The van der Waals surface area contributed by atoms with E-state index < -0.39 is 0 Å². The van der Waals surface area contributed by atoms with Crippen LogP contribution >= 0.6 is 12.2 Å². The van der Waals surface area contributed by atoms with Gasteiger partial charge in [0.2, 0.25) is 0 Å². The average Bonchev–Trinajstić information content (AvgIpc) is 2.43. The molecule has 0 saturated carbocycles. The Balaban J connectivity index is 3.10. The maximum atomic E-state index is 12.6. The van der Waals surface area contributed by atoms with Gasteiger partial charge in [0, 0.05) is 19.5 Å². The van der Waals surface area contributed by atoms with Gasteiger partial charge in [-0.1, -0.05) is 18.3 Å². The van der Waals surface area contributed by atoms with Crippen molar-refractivity contribution in [2.75, 3.05) is 21.3 Å². The highest BCUT2D eigenvalue weighted by Crippen LogP contribution is 2.29. The van der Waals surface area contributed by atoms with Gasteiger partial charge in [0.25, 0.3) is 5.91 Å². The van der Waals surface area contributed by atoms with E-state index in [9.17, 15) is 4.79 Å². The molecule has 0 spiro atoms. The summed E-state index contributed by atoms with van der Waals surface area (Å²) in [6, 6.07) is 5.12. The number of carbonyl (C=O) groups is 1. The first-order valence-corrected chi connectivity index (χ1v) is 6.59. The summed E-state index contributed by atoms with van der Waals surface area (Å²) < 4.78 is 10.5. The molecule has 5 nitrogen and oxygen atoms in total. The molecule has 1 amide bonds. The van der Waals surface area contributed by atoms with E-state index in [1.807, 2.05) is 6.92 Å². The van der Waals surface area contributed by atoms with E-state index >= 15 is 0 Å². The fraction of sp³-hybridized carbons (Fsp3) is 0.429. The lowest BCUT2D eigenvalue weighted by molar-refractivity contribution is 0.0741. The molecular formula is C14H20N2O3S. The molecule has 0 aliphatic heterocycles. The SMILES string of the molecule is COc1cccc(OC)c1C(=O)N(C)C(C)CC(N)=S. The number of rotatable bonds is 6. The van der Waals surface area contributed by atoms with Crippen LogP contribution in [0.1, 0.15) is 23.7 Å². The predicted molar refractivity (Wildman–Crippen MR) is 82.5 cm³/mol. The Labute approximate surface area is 124 Å². The standard InChI is InChI=1S/C14H20N2O3S/c1-9(8-12(15)20)16(2)14(17)13-10(18-3)6-5-7-11(13)19-4/h5-7,9H,8H2,1-4H3,(H2,15,20). The fourth-order valence-corrected chi connectivity index (χ4v) is 2.11. The van der Waals surface area contributed by atoms with Crippen LogP contribution < -0.4 is 15.2 Å². The molecule has 0 aliphatic rings. The Morgan fingerprint density at radius 1 is 1.35 bits per heavy atom. The Morgan fingerprint density at radius 2 is 1.85 bits per heavy atom. The van der Waals surface area contributed by atoms with Crippen molar-refractivity contribution in [2.24, 2.45) is 5.73 Å². The van der Waals surface area contributed by atoms with Crippen LogP contribution in [0.5, 0.6) is 11.5 Å². The smallest absolute Gasteiger partial charge is 0.261 e. The van der Waals surface area contributed by atoms with Gasteiger partial charge in [-0.2, -0.15) is 0 Å². The highest BCUT2D eigenvalue weighted by Gasteiger charge is 2.24. The molecule has 1 aromatic rings. The summed E-state index contributed by atoms with van der Waals surface area (Å²) >= 11 is 4.88. The lowest BCUT2D eigenvalue weighted by Crippen LogP contribution is -2.37. The summed E-state index contributed by atoms with van der Waals surface area (Å²) in [4.78, 5) is 14.6. The van der Waals surface area contributed by atoms with Crippen LogP contribution in [0.25, 0.3) is 0 Å². The minimum absolute atomic E-state index is 0.102. The molecule has 2 N–H and O–H groups in total. The molecule has 0 bridgehead atoms. The second-order valence-electron chi connectivity index (χ2n) is 4.47. The van der Waals surface area contributed by atoms with Crippen molar-refractivity contribution in [3.63, 3.8) is 0 Å². The number of nitrogens with two attached hydrogens (primary N) is 1. The first kappa shape index (κ1) is 16.2. The number of ether oxygens (including phenoxy) is 2. The third-order valence-corrected chi connectivity index (χ3v) is 3.29. The van der Waals surface area contributed by atoms with Crippen LogP contribution in [0.4, 0.5) is 0 Å². The number of hydrogen-bond acceptors (Lipinski definition) is 4. The van der Waals surface area contributed by atoms with Crippen LogP contribution in [-0.2, 0) is 0 Å². The zero-order valence-electron chi connectivity index (χ0n) is 12.2. The molecule has 0 aromatic heterocycles. The fourth-order valence-electron chi connectivity index (χ4n) is 1.87. The van der Waals surface area contributed by atoms with Gasteiger partial charge in [-0.05, 0) is 19.1 Å². The molecule has 6 heteroatoms. The minimum Gasteiger partial charge on any atom is -0.496 e. The van der Waals surface area contributed by atoms with Gasteiger partial charge >= 0.3 is 0 Å². The molecule has 0 radical (unpaired) electrons. The summed E-state index contributed by atoms with van der Waals surface area (Å²) in [6.07, 6.45) is 0.467. The van der Waals surface area contributed by atoms with Crippen LogP contribution in [-0.4, -0.2) is 43.1 Å². The van der Waals surface area contributed by atoms with Crippen molar-refractivity contribution < 1.29 is 14.3 Å². The number of amides is 1. The molecule has 1 atom stereocenters. The van der Waals surface area contributed by atoms with Crippen molar-refractivity contribution in [2.45, 2.75) is 19.4 Å². The Bertz CT molecular complexity index is 483. The maximum Gasteiger partial charge on any atom is 0.261 e. The lowest BCUT2D eigenvalue weighted by Gasteiger charge is -2.26. The van der Waals surface area contributed by atoms with Crippen molar-refractivity contribution >= 4 is 23.1 Å². The van der Waals surface area contributed by atoms with E-state index in [-0.39, 0.29) is 11.9 Å². The molecule has 20 heavy (non-hydrogen) atoms. The molecule has 1 unspecified atom stereocenters. The van der Waals surface area contributed by atoms with E-state index in [2.05, 4.69) is 0 Å². The minimum atomic E-state index is -0.192. The van der Waals surface area contributed by atoms with Crippen molar-refractivity contribution in [1.82, 2.24) is 4.90 Å². The van der Waals surface area contributed by atoms with E-state index in [1.165, 1.54) is 14.2 Å². The third-order valence-electron chi connectivity index (χ3n) is 3.12. The van der Waals surface area contributed by atoms with Crippen molar-refractivity contribution in [1.29, 1.82) is 0 Å². The molecule has 0 fully saturated rings. The van der Waals surface area contributed by atoms with Gasteiger partial charge in [0.05, 0.1) is 19.2 Å². The number of carbonyl (C=O) groups excluding carboxylic acids is 1. The summed E-state index contributed by atoms with van der Waals surface area (Å²) in [7, 11) is 4.74. The number of nitrogens with zero attached hydrogens (tertiary/aromatic N) is 1. The highest BCUT2D eigenvalue weighted by molar-refractivity contribution is 7.80. The number of methoxy groups -OCH3 is 2.